The molecule has 0 fully saturated rings. The van der Waals surface area contributed by atoms with Crippen molar-refractivity contribution < 1.29 is 4.79 Å². The number of fused-ring (bicyclic) bond motifs is 1. The number of amides is 1. The molecule has 1 aliphatic heterocycles. The summed E-state index contributed by atoms with van der Waals surface area (Å²) < 4.78 is 0. The van der Waals surface area contributed by atoms with Gasteiger partial charge in [0.05, 0.1) is 0 Å². The molecule has 1 aromatic carbocycles. The molecule has 1 aromatic rings. The highest BCUT2D eigenvalue weighted by Gasteiger charge is 2.12. The first-order chi connectivity index (χ1) is 8.69. The molecule has 0 bridgehead atoms. The lowest BCUT2D eigenvalue weighted by Gasteiger charge is -2.16. The van der Waals surface area contributed by atoms with E-state index in [1.165, 1.54) is 22.6 Å². The van der Waals surface area contributed by atoms with Gasteiger partial charge in [-0.25, -0.2) is 0 Å². The summed E-state index contributed by atoms with van der Waals surface area (Å²) in [6, 6.07) is 6.20. The second-order valence-electron chi connectivity index (χ2n) is 4.87. The summed E-state index contributed by atoms with van der Waals surface area (Å²) in [6.07, 6.45) is 2.83. The number of rotatable bonds is 4. The average molecular weight is 264 g/mol. The summed E-state index contributed by atoms with van der Waals surface area (Å²) in [7, 11) is 0. The average Bonchev–Trinajstić information content (AvgIpc) is 2.38. The van der Waals surface area contributed by atoms with E-state index in [4.69, 9.17) is 5.73 Å². The molecule has 3 nitrogen and oxygen atoms in total. The quantitative estimate of drug-likeness (QED) is 0.879. The van der Waals surface area contributed by atoms with E-state index in [0.29, 0.717) is 13.0 Å². The van der Waals surface area contributed by atoms with Gasteiger partial charge in [0.2, 0.25) is 5.91 Å². The van der Waals surface area contributed by atoms with Crippen LogP contribution >= 0.6 is 11.8 Å². The Kier molecular flexibility index (Phi) is 4.66. The molecule has 3 N–H and O–H groups in total. The van der Waals surface area contributed by atoms with Gasteiger partial charge in [0.15, 0.2) is 0 Å². The molecule has 0 saturated heterocycles. The summed E-state index contributed by atoms with van der Waals surface area (Å²) in [4.78, 5) is 13.1. The van der Waals surface area contributed by atoms with Gasteiger partial charge in [0.25, 0.3) is 0 Å². The molecule has 0 aliphatic carbocycles. The van der Waals surface area contributed by atoms with E-state index < -0.39 is 0 Å². The molecule has 0 radical (unpaired) electrons. The van der Waals surface area contributed by atoms with Crippen molar-refractivity contribution in [3.05, 3.63) is 23.8 Å². The summed E-state index contributed by atoms with van der Waals surface area (Å²) in [5, 5.41) is 2.95. The molecular weight excluding hydrogens is 244 g/mol. The number of anilines is 1. The minimum atomic E-state index is 0.0522. The number of benzene rings is 1. The Labute approximate surface area is 113 Å². The van der Waals surface area contributed by atoms with E-state index in [0.717, 1.165) is 12.1 Å². The Balaban J connectivity index is 1.99. The van der Waals surface area contributed by atoms with Crippen LogP contribution in [0.4, 0.5) is 5.69 Å². The molecule has 0 spiro atoms. The minimum absolute atomic E-state index is 0.0522. The predicted molar refractivity (Wildman–Crippen MR) is 77.0 cm³/mol. The second-order valence-corrected chi connectivity index (χ2v) is 6.00. The predicted octanol–water partition coefficient (Wildman–Crippen LogP) is 2.65. The molecule has 98 valence electrons. The Morgan fingerprint density at radius 3 is 3.17 bits per heavy atom. The molecule has 1 amide bonds. The number of nitrogens with two attached hydrogens (primary N) is 1. The van der Waals surface area contributed by atoms with Gasteiger partial charge in [-0.3, -0.25) is 4.79 Å². The zero-order valence-corrected chi connectivity index (χ0v) is 11.6. The van der Waals surface area contributed by atoms with Crippen LogP contribution in [0.3, 0.4) is 0 Å². The molecule has 1 heterocycles. The summed E-state index contributed by atoms with van der Waals surface area (Å²) in [6.45, 7) is 2.54. The lowest BCUT2D eigenvalue weighted by atomic mass is 10.1. The van der Waals surface area contributed by atoms with E-state index in [1.807, 2.05) is 24.8 Å². The van der Waals surface area contributed by atoms with Gasteiger partial charge in [0.1, 0.15) is 0 Å². The van der Waals surface area contributed by atoms with Crippen molar-refractivity contribution in [1.82, 2.24) is 0 Å². The number of nitrogens with one attached hydrogen (secondary N) is 1. The molecule has 0 saturated carbocycles. The molecule has 1 atom stereocenters. The van der Waals surface area contributed by atoms with Gasteiger partial charge >= 0.3 is 0 Å². The van der Waals surface area contributed by atoms with Crippen molar-refractivity contribution in [2.24, 2.45) is 11.7 Å². The lowest BCUT2D eigenvalue weighted by Crippen LogP contribution is -2.20. The normalized spacial score (nSPS) is 15.9. The van der Waals surface area contributed by atoms with E-state index in [1.54, 1.807) is 0 Å². The first-order valence-corrected chi connectivity index (χ1v) is 7.43. The van der Waals surface area contributed by atoms with Gasteiger partial charge in [-0.1, -0.05) is 6.92 Å². The molecule has 0 aromatic heterocycles. The summed E-state index contributed by atoms with van der Waals surface area (Å²) in [5.74, 6) is 1.49. The number of aryl methyl sites for hydroxylation is 1. The SMILES string of the molecule is CC(CN)CC(=O)Nc1ccc2c(c1)CCCS2. The van der Waals surface area contributed by atoms with Crippen LogP contribution in [-0.4, -0.2) is 18.2 Å². The third-order valence-electron chi connectivity index (χ3n) is 3.13. The van der Waals surface area contributed by atoms with Crippen molar-refractivity contribution >= 4 is 23.4 Å². The summed E-state index contributed by atoms with van der Waals surface area (Å²) >= 11 is 1.90. The van der Waals surface area contributed by atoms with Crippen molar-refractivity contribution in [2.75, 3.05) is 17.6 Å². The highest BCUT2D eigenvalue weighted by Crippen LogP contribution is 2.31. The molecule has 1 unspecified atom stereocenters. The molecule has 1 aliphatic rings. The van der Waals surface area contributed by atoms with E-state index in [2.05, 4.69) is 17.4 Å². The highest BCUT2D eigenvalue weighted by atomic mass is 32.2. The van der Waals surface area contributed by atoms with Gasteiger partial charge in [-0.05, 0) is 54.8 Å². The maximum Gasteiger partial charge on any atom is 0.224 e. The van der Waals surface area contributed by atoms with Crippen LogP contribution in [0, 0.1) is 5.92 Å². The highest BCUT2D eigenvalue weighted by molar-refractivity contribution is 7.99. The number of thioether (sulfide) groups is 1. The third kappa shape index (κ3) is 3.50. The van der Waals surface area contributed by atoms with Crippen LogP contribution in [0.25, 0.3) is 0 Å². The van der Waals surface area contributed by atoms with E-state index in [-0.39, 0.29) is 11.8 Å². The maximum atomic E-state index is 11.8. The van der Waals surface area contributed by atoms with Crippen molar-refractivity contribution in [2.45, 2.75) is 31.1 Å². The lowest BCUT2D eigenvalue weighted by molar-refractivity contribution is -0.116. The Morgan fingerprint density at radius 2 is 2.39 bits per heavy atom. The Morgan fingerprint density at radius 1 is 1.56 bits per heavy atom. The minimum Gasteiger partial charge on any atom is -0.330 e. The zero-order chi connectivity index (χ0) is 13.0. The third-order valence-corrected chi connectivity index (χ3v) is 4.33. The van der Waals surface area contributed by atoms with E-state index >= 15 is 0 Å². The van der Waals surface area contributed by atoms with Crippen LogP contribution in [0.2, 0.25) is 0 Å². The second kappa shape index (κ2) is 6.25. The topological polar surface area (TPSA) is 55.1 Å². The monoisotopic (exact) mass is 264 g/mol. The van der Waals surface area contributed by atoms with Gasteiger partial charge in [-0.15, -0.1) is 11.8 Å². The van der Waals surface area contributed by atoms with Crippen molar-refractivity contribution in [3.63, 3.8) is 0 Å². The molecule has 18 heavy (non-hydrogen) atoms. The largest absolute Gasteiger partial charge is 0.330 e. The number of hydrogen-bond acceptors (Lipinski definition) is 3. The summed E-state index contributed by atoms with van der Waals surface area (Å²) in [5.41, 5.74) is 7.79. The number of carbonyl (C=O) groups excluding carboxylic acids is 1. The van der Waals surface area contributed by atoms with Crippen LogP contribution in [0.15, 0.2) is 23.1 Å². The van der Waals surface area contributed by atoms with Crippen LogP contribution in [0.1, 0.15) is 25.3 Å². The zero-order valence-electron chi connectivity index (χ0n) is 10.7. The van der Waals surface area contributed by atoms with Gasteiger partial charge in [0, 0.05) is 17.0 Å². The smallest absolute Gasteiger partial charge is 0.224 e. The van der Waals surface area contributed by atoms with Gasteiger partial charge in [-0.2, -0.15) is 0 Å². The fraction of sp³-hybridized carbons (Fsp3) is 0.500. The molecule has 4 heteroatoms. The Bertz CT molecular complexity index is 434. The first-order valence-electron chi connectivity index (χ1n) is 6.44. The van der Waals surface area contributed by atoms with Gasteiger partial charge < -0.3 is 11.1 Å². The standard InChI is InChI=1S/C14H20N2OS/c1-10(9-15)7-14(17)16-12-4-5-13-11(8-12)3-2-6-18-13/h4-5,8,10H,2-3,6-7,9,15H2,1H3,(H,16,17). The molecule has 2 rings (SSSR count). The van der Waals surface area contributed by atoms with Crippen LogP contribution in [-0.2, 0) is 11.2 Å². The van der Waals surface area contributed by atoms with Crippen molar-refractivity contribution in [1.29, 1.82) is 0 Å². The van der Waals surface area contributed by atoms with E-state index in [9.17, 15) is 4.79 Å². The van der Waals surface area contributed by atoms with Crippen molar-refractivity contribution in [3.8, 4) is 0 Å². The molecular formula is C14H20N2OS. The maximum absolute atomic E-state index is 11.8. The first kappa shape index (κ1) is 13.4. The Hall–Kier alpha value is -1.00. The number of hydrogen-bond donors (Lipinski definition) is 2. The fourth-order valence-electron chi connectivity index (χ4n) is 2.05. The fourth-order valence-corrected chi connectivity index (χ4v) is 3.07. The van der Waals surface area contributed by atoms with Crippen LogP contribution in [0.5, 0.6) is 0 Å². The van der Waals surface area contributed by atoms with Crippen LogP contribution < -0.4 is 11.1 Å². The number of carbonyl (C=O) groups is 1.